The van der Waals surface area contributed by atoms with Crippen molar-refractivity contribution < 1.29 is 47.9 Å². The van der Waals surface area contributed by atoms with E-state index in [0.29, 0.717) is 6.07 Å². The molecule has 1 aliphatic rings. The Labute approximate surface area is 198 Å². The summed E-state index contributed by atoms with van der Waals surface area (Å²) in [4.78, 5) is -0.797. The molecule has 14 heteroatoms. The summed E-state index contributed by atoms with van der Waals surface area (Å²) in [6.07, 6.45) is -9.45. The Morgan fingerprint density at radius 2 is 1.43 bits per heavy atom. The van der Waals surface area contributed by atoms with Gasteiger partial charge in [-0.25, -0.2) is 21.6 Å². The number of halogens is 6. The van der Waals surface area contributed by atoms with E-state index in [1.54, 1.807) is 0 Å². The third-order valence-corrected chi connectivity index (χ3v) is 10.1. The standard InChI is InChI=1S/C21H21F6NO5S2/c1-19(2,34(29,30)18-5-3-4-13(12-18)20(22,23)24)14-10-15(11-14)28-35(31,32)17-8-6-16(7-9-17)33-21(25,26)27/h3-9,12,14-15,28H,10-11H2,1-2H3. The molecule has 0 aromatic heterocycles. The molecule has 1 fully saturated rings. The molecule has 1 aliphatic carbocycles. The largest absolute Gasteiger partial charge is 0.573 e. The highest BCUT2D eigenvalue weighted by Crippen LogP contribution is 2.44. The molecule has 0 atom stereocenters. The average Bonchev–Trinajstić information content (AvgIpc) is 2.69. The molecule has 2 aromatic rings. The van der Waals surface area contributed by atoms with Crippen molar-refractivity contribution in [2.24, 2.45) is 5.92 Å². The van der Waals surface area contributed by atoms with Crippen LogP contribution in [0.5, 0.6) is 5.75 Å². The van der Waals surface area contributed by atoms with Gasteiger partial charge in [0.2, 0.25) is 10.0 Å². The summed E-state index contributed by atoms with van der Waals surface area (Å²) in [6, 6.07) is 6.32. The van der Waals surface area contributed by atoms with Crippen molar-refractivity contribution in [3.05, 3.63) is 54.1 Å². The molecule has 0 bridgehead atoms. The monoisotopic (exact) mass is 545 g/mol. The van der Waals surface area contributed by atoms with Crippen molar-refractivity contribution in [2.45, 2.75) is 59.8 Å². The first kappa shape index (κ1) is 27.3. The second kappa shape index (κ2) is 8.96. The SMILES string of the molecule is CC(C)(C1CC(NS(=O)(=O)c2ccc(OC(F)(F)F)cc2)C1)S(=O)(=O)c1cccc(C(F)(F)F)c1. The molecular weight excluding hydrogens is 524 g/mol. The number of rotatable bonds is 7. The third kappa shape index (κ3) is 5.92. The Bertz CT molecular complexity index is 1280. The molecule has 0 heterocycles. The van der Waals surface area contributed by atoms with Crippen molar-refractivity contribution >= 4 is 19.9 Å². The lowest BCUT2D eigenvalue weighted by Gasteiger charge is -2.44. The molecule has 3 rings (SSSR count). The molecule has 0 saturated heterocycles. The summed E-state index contributed by atoms with van der Waals surface area (Å²) in [7, 11) is -8.32. The van der Waals surface area contributed by atoms with Crippen LogP contribution >= 0.6 is 0 Å². The second-order valence-corrected chi connectivity index (χ2v) is 12.9. The van der Waals surface area contributed by atoms with E-state index in [0.717, 1.165) is 42.5 Å². The van der Waals surface area contributed by atoms with Gasteiger partial charge in [0.25, 0.3) is 0 Å². The average molecular weight is 546 g/mol. The Kier molecular flexibility index (Phi) is 6.98. The fraction of sp³-hybridized carbons (Fsp3) is 0.429. The van der Waals surface area contributed by atoms with Gasteiger partial charge in [-0.15, -0.1) is 13.2 Å². The zero-order valence-corrected chi connectivity index (χ0v) is 19.9. The number of ether oxygens (including phenoxy) is 1. The number of hydrogen-bond acceptors (Lipinski definition) is 5. The minimum atomic E-state index is -4.93. The normalized spacial score (nSPS) is 19.8. The van der Waals surface area contributed by atoms with Crippen LogP contribution in [0.2, 0.25) is 0 Å². The van der Waals surface area contributed by atoms with E-state index >= 15 is 0 Å². The van der Waals surface area contributed by atoms with Crippen LogP contribution in [0.3, 0.4) is 0 Å². The van der Waals surface area contributed by atoms with E-state index in [1.807, 2.05) is 0 Å². The number of nitrogens with one attached hydrogen (secondary N) is 1. The highest BCUT2D eigenvalue weighted by Gasteiger charge is 2.49. The predicted octanol–water partition coefficient (Wildman–Crippen LogP) is 4.91. The van der Waals surface area contributed by atoms with Crippen molar-refractivity contribution in [1.82, 2.24) is 4.72 Å². The maximum Gasteiger partial charge on any atom is 0.573 e. The number of alkyl halides is 6. The molecule has 0 amide bonds. The van der Waals surface area contributed by atoms with Crippen LogP contribution < -0.4 is 9.46 Å². The topological polar surface area (TPSA) is 89.5 Å². The fourth-order valence-electron chi connectivity index (χ4n) is 3.75. The van der Waals surface area contributed by atoms with Gasteiger partial charge in [0.15, 0.2) is 9.84 Å². The zero-order chi connectivity index (χ0) is 26.4. The zero-order valence-electron chi connectivity index (χ0n) is 18.3. The first-order valence-corrected chi connectivity index (χ1v) is 13.1. The highest BCUT2D eigenvalue weighted by molar-refractivity contribution is 7.92. The van der Waals surface area contributed by atoms with E-state index in [2.05, 4.69) is 9.46 Å². The van der Waals surface area contributed by atoms with Crippen LogP contribution in [0.1, 0.15) is 32.3 Å². The van der Waals surface area contributed by atoms with Crippen molar-refractivity contribution in [3.8, 4) is 5.75 Å². The molecule has 0 unspecified atom stereocenters. The Morgan fingerprint density at radius 1 is 0.857 bits per heavy atom. The van der Waals surface area contributed by atoms with Gasteiger partial charge in [-0.1, -0.05) is 6.07 Å². The number of sulfone groups is 1. The highest BCUT2D eigenvalue weighted by atomic mass is 32.2. The van der Waals surface area contributed by atoms with Crippen molar-refractivity contribution in [1.29, 1.82) is 0 Å². The molecule has 1 N–H and O–H groups in total. The minimum absolute atomic E-state index is 0.0969. The smallest absolute Gasteiger partial charge is 0.406 e. The van der Waals surface area contributed by atoms with Gasteiger partial charge < -0.3 is 4.74 Å². The molecule has 0 radical (unpaired) electrons. The number of benzene rings is 2. The van der Waals surface area contributed by atoms with Gasteiger partial charge in [-0.3, -0.25) is 0 Å². The van der Waals surface area contributed by atoms with Gasteiger partial charge in [0, 0.05) is 6.04 Å². The summed E-state index contributed by atoms with van der Waals surface area (Å²) >= 11 is 0. The van der Waals surface area contributed by atoms with E-state index in [4.69, 9.17) is 0 Å². The summed E-state index contributed by atoms with van der Waals surface area (Å²) in [5.74, 6) is -1.15. The third-order valence-electron chi connectivity index (χ3n) is 5.97. The lowest BCUT2D eigenvalue weighted by atomic mass is 9.73. The molecule has 6 nitrogen and oxygen atoms in total. The molecule has 2 aromatic carbocycles. The van der Waals surface area contributed by atoms with E-state index in [1.165, 1.54) is 13.8 Å². The van der Waals surface area contributed by atoms with Gasteiger partial charge in [-0.2, -0.15) is 13.2 Å². The maximum absolute atomic E-state index is 13.1. The molecule has 1 saturated carbocycles. The van der Waals surface area contributed by atoms with Crippen LogP contribution in [0, 0.1) is 5.92 Å². The van der Waals surface area contributed by atoms with Crippen molar-refractivity contribution in [3.63, 3.8) is 0 Å². The maximum atomic E-state index is 13.1. The van der Waals surface area contributed by atoms with E-state index in [9.17, 15) is 43.2 Å². The lowest BCUT2D eigenvalue weighted by molar-refractivity contribution is -0.274. The van der Waals surface area contributed by atoms with Gasteiger partial charge in [-0.05, 0) is 75.1 Å². The Morgan fingerprint density at radius 3 is 1.94 bits per heavy atom. The summed E-state index contributed by atoms with van der Waals surface area (Å²) in [6.45, 7) is 2.74. The van der Waals surface area contributed by atoms with Gasteiger partial charge in [0.1, 0.15) is 5.75 Å². The predicted molar refractivity (Wildman–Crippen MR) is 113 cm³/mol. The van der Waals surface area contributed by atoms with E-state index < -0.39 is 65.3 Å². The Hall–Kier alpha value is -2.32. The van der Waals surface area contributed by atoms with Crippen LogP contribution in [-0.2, 0) is 26.0 Å². The Balaban J connectivity index is 1.69. The number of hydrogen-bond donors (Lipinski definition) is 1. The van der Waals surface area contributed by atoms with Gasteiger partial charge >= 0.3 is 12.5 Å². The van der Waals surface area contributed by atoms with Crippen LogP contribution in [0.4, 0.5) is 26.3 Å². The van der Waals surface area contributed by atoms with Gasteiger partial charge in [0.05, 0.1) is 20.1 Å². The molecule has 194 valence electrons. The summed E-state index contributed by atoms with van der Waals surface area (Å²) in [5, 5.41) is 0. The van der Waals surface area contributed by atoms with Crippen LogP contribution in [0.15, 0.2) is 58.3 Å². The first-order chi connectivity index (χ1) is 15.8. The van der Waals surface area contributed by atoms with Crippen LogP contribution in [0.25, 0.3) is 0 Å². The summed E-state index contributed by atoms with van der Waals surface area (Å²) < 4.78 is 132. The molecular formula is C21H21F6NO5S2. The number of sulfonamides is 1. The summed E-state index contributed by atoms with van der Waals surface area (Å²) in [5.41, 5.74) is -1.10. The first-order valence-electron chi connectivity index (χ1n) is 10.1. The quantitative estimate of drug-likeness (QED) is 0.500. The second-order valence-electron chi connectivity index (χ2n) is 8.64. The van der Waals surface area contributed by atoms with Crippen LogP contribution in [-0.4, -0.2) is 34.0 Å². The minimum Gasteiger partial charge on any atom is -0.406 e. The molecule has 0 aliphatic heterocycles. The molecule has 35 heavy (non-hydrogen) atoms. The lowest BCUT2D eigenvalue weighted by Crippen LogP contribution is -2.53. The molecule has 0 spiro atoms. The fourth-order valence-corrected chi connectivity index (χ4v) is 6.79. The van der Waals surface area contributed by atoms with Crippen molar-refractivity contribution in [2.75, 3.05) is 0 Å². The van der Waals surface area contributed by atoms with E-state index in [-0.39, 0.29) is 17.7 Å².